The maximum Gasteiger partial charge on any atom is 0.481 e. The molecule has 222 valence electrons. The number of phosphoric acid groups is 1. The monoisotopic (exact) mass is 621 g/mol. The van der Waals surface area contributed by atoms with Crippen LogP contribution in [0.25, 0.3) is 11.2 Å². The number of hydrogen-bond donors (Lipinski definition) is 10. The second-order valence-electron chi connectivity index (χ2n) is 8.57. The minimum absolute atomic E-state index is 0.0588. The lowest BCUT2D eigenvalue weighted by atomic mass is 9.97. The molecule has 1 saturated heterocycles. The van der Waals surface area contributed by atoms with Gasteiger partial charge in [0.2, 0.25) is 0 Å². The molecule has 1 aliphatic rings. The van der Waals surface area contributed by atoms with Crippen LogP contribution in [-0.2, 0) is 34.5 Å². The summed E-state index contributed by atoms with van der Waals surface area (Å²) in [7, 11) is -5.47. The zero-order valence-electron chi connectivity index (χ0n) is 20.0. The van der Waals surface area contributed by atoms with Crippen molar-refractivity contribution in [2.75, 3.05) is 18.9 Å². The molecule has 2 aromatic rings. The summed E-state index contributed by atoms with van der Waals surface area (Å²) in [6.45, 7) is -4.71. The lowest BCUT2D eigenvalue weighted by molar-refractivity contribution is -0.177. The van der Waals surface area contributed by atoms with Gasteiger partial charge in [-0.2, -0.15) is 0 Å². The molecular weight excluding hydrogens is 592 g/mol. The van der Waals surface area contributed by atoms with Gasteiger partial charge in [-0.25, -0.2) is 23.8 Å². The van der Waals surface area contributed by atoms with Crippen LogP contribution in [0.1, 0.15) is 13.2 Å². The van der Waals surface area contributed by atoms with Crippen LogP contribution in [0, 0.1) is 5.92 Å². The Bertz CT molecular complexity index is 1230. The van der Waals surface area contributed by atoms with Gasteiger partial charge in [-0.05, 0) is 11.8 Å². The third-order valence-corrected chi connectivity index (χ3v) is 9.24. The molecule has 19 nitrogen and oxygen atoms in total. The average Bonchev–Trinajstić information content (AvgIpc) is 3.41. The molecular formula is C17H29N5O14P2S. The van der Waals surface area contributed by atoms with Crippen LogP contribution in [0.3, 0.4) is 0 Å². The first-order valence-electron chi connectivity index (χ1n) is 11.1. The molecule has 11 N–H and O–H groups in total. The lowest BCUT2D eigenvalue weighted by Crippen LogP contribution is -2.48. The van der Waals surface area contributed by atoms with Gasteiger partial charge in [-0.1, -0.05) is 6.92 Å². The largest absolute Gasteiger partial charge is 0.481 e. The number of ether oxygens (including phenoxy) is 1. The Morgan fingerprint density at radius 1 is 1.13 bits per heavy atom. The fourth-order valence-corrected chi connectivity index (χ4v) is 6.57. The first-order chi connectivity index (χ1) is 18.1. The van der Waals surface area contributed by atoms with E-state index < -0.39 is 82.8 Å². The first kappa shape index (κ1) is 32.2. The van der Waals surface area contributed by atoms with Crippen molar-refractivity contribution < 1.29 is 68.2 Å². The number of hydrogen-bond acceptors (Lipinski definition) is 17. The Labute approximate surface area is 224 Å². The molecule has 1 fully saturated rings. The molecule has 0 bridgehead atoms. The number of nitrogens with zero attached hydrogens (tertiary/aromatic N) is 4. The van der Waals surface area contributed by atoms with E-state index in [2.05, 4.69) is 35.6 Å². The molecule has 11 unspecified atom stereocenters. The van der Waals surface area contributed by atoms with Crippen molar-refractivity contribution in [3.8, 4) is 0 Å². The van der Waals surface area contributed by atoms with Crippen molar-refractivity contribution in [1.82, 2.24) is 19.5 Å². The summed E-state index contributed by atoms with van der Waals surface area (Å²) in [4.78, 5) is 31.9. The molecule has 39 heavy (non-hydrogen) atoms. The van der Waals surface area contributed by atoms with Gasteiger partial charge < -0.3 is 60.5 Å². The number of rotatable bonds is 13. The second-order valence-corrected chi connectivity index (χ2v) is 13.0. The van der Waals surface area contributed by atoms with Crippen molar-refractivity contribution in [3.63, 3.8) is 0 Å². The quantitative estimate of drug-likeness (QED) is 0.0763. The predicted molar refractivity (Wildman–Crippen MR) is 130 cm³/mol. The Morgan fingerprint density at radius 2 is 1.79 bits per heavy atom. The summed E-state index contributed by atoms with van der Waals surface area (Å²) >= 11 is 4.65. The standard InChI is InChI=1S/C17H29N5O14P2S/c1-6(2-23)9(24)11(26)13(28)17(29)35-37(30,31)36-38(32,39)33-3-7-10(25)12(27)16(34-7)22-5-21-8-14(18)19-4-20-15(8)22/h4-7,9-13,16-17,23-29H,2-3H2,1H3,(H,30,31)(H,32,39)(H2,18,19,20). The summed E-state index contributed by atoms with van der Waals surface area (Å²) in [6.07, 6.45) is -12.2. The Balaban J connectivity index is 1.59. The van der Waals surface area contributed by atoms with Crippen LogP contribution in [0.15, 0.2) is 12.7 Å². The Kier molecular flexibility index (Phi) is 10.5. The third-order valence-electron chi connectivity index (χ3n) is 5.71. The van der Waals surface area contributed by atoms with Gasteiger partial charge in [0.25, 0.3) is 0 Å². The van der Waals surface area contributed by atoms with Crippen LogP contribution in [0.5, 0.6) is 0 Å². The van der Waals surface area contributed by atoms with E-state index in [0.717, 1.165) is 6.33 Å². The molecule has 3 heterocycles. The van der Waals surface area contributed by atoms with E-state index >= 15 is 0 Å². The highest BCUT2D eigenvalue weighted by Crippen LogP contribution is 2.61. The highest BCUT2D eigenvalue weighted by atomic mass is 32.5. The van der Waals surface area contributed by atoms with Crippen LogP contribution in [-0.4, -0.2) is 121 Å². The van der Waals surface area contributed by atoms with Crippen LogP contribution >= 0.6 is 14.5 Å². The number of phosphoric ester groups is 1. The maximum atomic E-state index is 12.2. The van der Waals surface area contributed by atoms with E-state index in [-0.39, 0.29) is 17.0 Å². The lowest BCUT2D eigenvalue weighted by Gasteiger charge is -2.29. The first-order valence-corrected chi connectivity index (χ1v) is 15.1. The van der Waals surface area contributed by atoms with Gasteiger partial charge in [0, 0.05) is 12.5 Å². The SMILES string of the molecule is CC(CO)C(O)C(O)C(O)C(O)OP(=O)(O)OP(O)(=S)OCC1OC(n2cnc3c(N)ncnc32)C(O)C1O. The Morgan fingerprint density at radius 3 is 2.44 bits per heavy atom. The number of imidazole rings is 1. The van der Waals surface area contributed by atoms with Crippen LogP contribution in [0.2, 0.25) is 0 Å². The molecule has 0 amide bonds. The summed E-state index contributed by atoms with van der Waals surface area (Å²) in [5.41, 5.74) is 6.12. The second kappa shape index (κ2) is 12.7. The summed E-state index contributed by atoms with van der Waals surface area (Å²) in [6, 6.07) is 0. The third kappa shape index (κ3) is 7.52. The zero-order valence-corrected chi connectivity index (χ0v) is 22.6. The van der Waals surface area contributed by atoms with Gasteiger partial charge >= 0.3 is 14.5 Å². The number of aromatic nitrogens is 4. The zero-order chi connectivity index (χ0) is 29.3. The van der Waals surface area contributed by atoms with Crippen LogP contribution < -0.4 is 5.73 Å². The molecule has 0 saturated carbocycles. The molecule has 22 heteroatoms. The number of nitrogens with two attached hydrogens (primary N) is 1. The molecule has 2 aromatic heterocycles. The topological polar surface area (TPSA) is 306 Å². The number of aliphatic hydroxyl groups is 7. The van der Waals surface area contributed by atoms with Crippen molar-refractivity contribution in [2.24, 2.45) is 5.92 Å². The molecule has 3 rings (SSSR count). The molecule has 1 aliphatic heterocycles. The highest BCUT2D eigenvalue weighted by Gasteiger charge is 2.46. The van der Waals surface area contributed by atoms with E-state index in [0.29, 0.717) is 0 Å². The fourth-order valence-electron chi connectivity index (χ4n) is 3.51. The van der Waals surface area contributed by atoms with Gasteiger partial charge in [-0.15, -0.1) is 0 Å². The molecule has 0 radical (unpaired) electrons. The minimum Gasteiger partial charge on any atom is -0.396 e. The number of aliphatic hydroxyl groups excluding tert-OH is 7. The molecule has 0 spiro atoms. The van der Waals surface area contributed by atoms with Crippen molar-refractivity contribution in [2.45, 2.75) is 56.1 Å². The van der Waals surface area contributed by atoms with Gasteiger partial charge in [0.15, 0.2) is 24.0 Å². The van der Waals surface area contributed by atoms with E-state index in [4.69, 9.17) is 20.1 Å². The smallest absolute Gasteiger partial charge is 0.396 e. The summed E-state index contributed by atoms with van der Waals surface area (Å²) < 4.78 is 32.7. The van der Waals surface area contributed by atoms with E-state index in [1.54, 1.807) is 0 Å². The number of fused-ring (bicyclic) bond motifs is 1. The Hall–Kier alpha value is -1.29. The van der Waals surface area contributed by atoms with Crippen molar-refractivity contribution >= 4 is 43.3 Å². The van der Waals surface area contributed by atoms with Crippen LogP contribution in [0.4, 0.5) is 5.82 Å². The van der Waals surface area contributed by atoms with Crippen molar-refractivity contribution in [3.05, 3.63) is 12.7 Å². The summed E-state index contributed by atoms with van der Waals surface area (Å²) in [5, 5.41) is 69.3. The van der Waals surface area contributed by atoms with Crippen molar-refractivity contribution in [1.29, 1.82) is 0 Å². The van der Waals surface area contributed by atoms with Gasteiger partial charge in [-0.3, -0.25) is 9.09 Å². The molecule has 11 atom stereocenters. The highest BCUT2D eigenvalue weighted by molar-refractivity contribution is 8.08. The summed E-state index contributed by atoms with van der Waals surface area (Å²) in [5.74, 6) is -0.884. The molecule has 0 aliphatic carbocycles. The minimum atomic E-state index is -5.47. The molecule has 0 aromatic carbocycles. The van der Waals surface area contributed by atoms with Gasteiger partial charge in [0.1, 0.15) is 42.4 Å². The maximum absolute atomic E-state index is 12.2. The van der Waals surface area contributed by atoms with E-state index in [1.165, 1.54) is 17.8 Å². The fraction of sp³-hybridized carbons (Fsp3) is 0.706. The normalized spacial score (nSPS) is 28.9. The predicted octanol–water partition coefficient (Wildman–Crippen LogP) is -3.58. The van der Waals surface area contributed by atoms with E-state index in [1.807, 2.05) is 0 Å². The number of nitrogen functional groups attached to an aromatic ring is 1. The van der Waals surface area contributed by atoms with Gasteiger partial charge in [0.05, 0.1) is 19.0 Å². The average molecular weight is 621 g/mol. The number of anilines is 1. The van der Waals surface area contributed by atoms with E-state index in [9.17, 15) is 45.0 Å².